The van der Waals surface area contributed by atoms with E-state index in [0.29, 0.717) is 36.6 Å². The summed E-state index contributed by atoms with van der Waals surface area (Å²) in [6.45, 7) is 4.56. The van der Waals surface area contributed by atoms with Crippen LogP contribution in [0.25, 0.3) is 11.3 Å². The van der Waals surface area contributed by atoms with Crippen molar-refractivity contribution in [1.82, 2.24) is 9.88 Å². The molecule has 0 unspecified atom stereocenters. The van der Waals surface area contributed by atoms with Gasteiger partial charge in [-0.15, -0.1) is 11.3 Å². The molecule has 0 spiro atoms. The van der Waals surface area contributed by atoms with Crippen molar-refractivity contribution in [3.8, 4) is 11.3 Å². The number of nitrogens with two attached hydrogens (primary N) is 1. The van der Waals surface area contributed by atoms with Crippen LogP contribution in [0.4, 0.5) is 5.69 Å². The third-order valence-electron chi connectivity index (χ3n) is 5.04. The second-order valence-electron chi connectivity index (χ2n) is 6.97. The molecule has 2 aromatic carbocycles. The van der Waals surface area contributed by atoms with Crippen LogP contribution in [-0.2, 0) is 0 Å². The Morgan fingerprint density at radius 1 is 1.00 bits per heavy atom. The lowest BCUT2D eigenvalue weighted by Crippen LogP contribution is -2.48. The fourth-order valence-electron chi connectivity index (χ4n) is 3.53. The summed E-state index contributed by atoms with van der Waals surface area (Å²) in [5, 5.41) is 0.883. The van der Waals surface area contributed by atoms with Crippen LogP contribution in [0.1, 0.15) is 25.0 Å². The Labute approximate surface area is 173 Å². The number of nitrogens with zero attached hydrogens (tertiary/aromatic N) is 3. The Morgan fingerprint density at radius 3 is 2.41 bits per heavy atom. The first-order chi connectivity index (χ1) is 14.0. The normalized spacial score (nSPS) is 14.1. The zero-order valence-corrected chi connectivity index (χ0v) is 17.0. The number of carbonyl (C=O) groups excluding carboxylic acids is 2. The SMILES string of the molecule is Cc1nc(-c2ccccc2)c(C(=O)N2CCN(c3cccc(C(N)=O)c3)CC2)s1. The van der Waals surface area contributed by atoms with Crippen molar-refractivity contribution in [3.63, 3.8) is 0 Å². The fraction of sp³-hybridized carbons (Fsp3) is 0.227. The van der Waals surface area contributed by atoms with E-state index in [0.717, 1.165) is 22.0 Å². The highest BCUT2D eigenvalue weighted by Gasteiger charge is 2.27. The van der Waals surface area contributed by atoms with Crippen LogP contribution in [0.5, 0.6) is 0 Å². The molecule has 1 aliphatic rings. The van der Waals surface area contributed by atoms with Gasteiger partial charge in [0.1, 0.15) is 4.88 Å². The van der Waals surface area contributed by atoms with Gasteiger partial charge >= 0.3 is 0 Å². The van der Waals surface area contributed by atoms with E-state index >= 15 is 0 Å². The van der Waals surface area contributed by atoms with E-state index in [1.807, 2.05) is 54.3 Å². The molecule has 1 aliphatic heterocycles. The molecule has 3 aromatic rings. The first-order valence-corrected chi connectivity index (χ1v) is 10.3. The van der Waals surface area contributed by atoms with Gasteiger partial charge in [-0.3, -0.25) is 9.59 Å². The number of aromatic nitrogens is 1. The Hall–Kier alpha value is -3.19. The molecular formula is C22H22N4O2S. The molecule has 2 amide bonds. The molecule has 2 N–H and O–H groups in total. The van der Waals surface area contributed by atoms with Crippen LogP contribution in [0, 0.1) is 6.92 Å². The van der Waals surface area contributed by atoms with Gasteiger partial charge in [0.05, 0.1) is 10.7 Å². The van der Waals surface area contributed by atoms with Crippen molar-refractivity contribution in [1.29, 1.82) is 0 Å². The first-order valence-electron chi connectivity index (χ1n) is 9.50. The van der Waals surface area contributed by atoms with Gasteiger partial charge in [-0.25, -0.2) is 4.98 Å². The number of carbonyl (C=O) groups is 2. The van der Waals surface area contributed by atoms with Gasteiger partial charge in [0, 0.05) is 43.0 Å². The number of amides is 2. The van der Waals surface area contributed by atoms with Gasteiger partial charge in [-0.2, -0.15) is 0 Å². The van der Waals surface area contributed by atoms with Crippen molar-refractivity contribution >= 4 is 28.8 Å². The lowest BCUT2D eigenvalue weighted by atomic mass is 10.1. The highest BCUT2D eigenvalue weighted by Crippen LogP contribution is 2.29. The Balaban J connectivity index is 1.49. The molecule has 7 heteroatoms. The molecule has 1 fully saturated rings. The maximum atomic E-state index is 13.2. The minimum absolute atomic E-state index is 0.0278. The predicted molar refractivity (Wildman–Crippen MR) is 115 cm³/mol. The maximum Gasteiger partial charge on any atom is 0.266 e. The lowest BCUT2D eigenvalue weighted by molar-refractivity contribution is 0.0752. The third-order valence-corrected chi connectivity index (χ3v) is 6.00. The van der Waals surface area contributed by atoms with Gasteiger partial charge < -0.3 is 15.5 Å². The molecule has 4 rings (SSSR count). The molecule has 0 saturated carbocycles. The number of hydrogen-bond donors (Lipinski definition) is 1. The van der Waals surface area contributed by atoms with Crippen molar-refractivity contribution < 1.29 is 9.59 Å². The molecule has 29 heavy (non-hydrogen) atoms. The van der Waals surface area contributed by atoms with E-state index in [1.165, 1.54) is 11.3 Å². The molecule has 6 nitrogen and oxygen atoms in total. The zero-order chi connectivity index (χ0) is 20.4. The highest BCUT2D eigenvalue weighted by atomic mass is 32.1. The standard InChI is InChI=1S/C22H22N4O2S/c1-15-24-19(16-6-3-2-4-7-16)20(29-15)22(28)26-12-10-25(11-13-26)18-9-5-8-17(14-18)21(23)27/h2-9,14H,10-13H2,1H3,(H2,23,27). The maximum absolute atomic E-state index is 13.2. The third kappa shape index (κ3) is 4.00. The average Bonchev–Trinajstić information content (AvgIpc) is 3.16. The quantitative estimate of drug-likeness (QED) is 0.722. The first kappa shape index (κ1) is 19.1. The number of anilines is 1. The fourth-order valence-corrected chi connectivity index (χ4v) is 4.44. The molecule has 1 aromatic heterocycles. The molecule has 0 atom stereocenters. The smallest absolute Gasteiger partial charge is 0.266 e. The van der Waals surface area contributed by atoms with Crippen molar-refractivity contribution in [2.45, 2.75) is 6.92 Å². The van der Waals surface area contributed by atoms with E-state index in [1.54, 1.807) is 12.1 Å². The van der Waals surface area contributed by atoms with Crippen LogP contribution in [-0.4, -0.2) is 47.9 Å². The van der Waals surface area contributed by atoms with Gasteiger partial charge in [0.2, 0.25) is 5.91 Å². The van der Waals surface area contributed by atoms with E-state index < -0.39 is 5.91 Å². The number of hydrogen-bond acceptors (Lipinski definition) is 5. The number of rotatable bonds is 4. The van der Waals surface area contributed by atoms with Crippen LogP contribution in [0.2, 0.25) is 0 Å². The Morgan fingerprint density at radius 2 is 1.72 bits per heavy atom. The Kier molecular flexibility index (Phi) is 5.31. The average molecular weight is 407 g/mol. The molecule has 0 aliphatic carbocycles. The predicted octanol–water partition coefficient (Wildman–Crippen LogP) is 3.18. The van der Waals surface area contributed by atoms with Gasteiger partial charge in [-0.1, -0.05) is 36.4 Å². The highest BCUT2D eigenvalue weighted by molar-refractivity contribution is 7.14. The number of primary amides is 1. The number of benzene rings is 2. The summed E-state index contributed by atoms with van der Waals surface area (Å²) in [5.41, 5.74) is 8.55. The van der Waals surface area contributed by atoms with Crippen molar-refractivity contribution in [2.75, 3.05) is 31.1 Å². The van der Waals surface area contributed by atoms with E-state index in [-0.39, 0.29) is 5.91 Å². The molecule has 0 bridgehead atoms. The largest absolute Gasteiger partial charge is 0.368 e. The van der Waals surface area contributed by atoms with E-state index in [4.69, 9.17) is 5.73 Å². The van der Waals surface area contributed by atoms with E-state index in [9.17, 15) is 9.59 Å². The molecule has 1 saturated heterocycles. The van der Waals surface area contributed by atoms with Gasteiger partial charge in [-0.05, 0) is 25.1 Å². The number of thiazole rings is 1. The summed E-state index contributed by atoms with van der Waals surface area (Å²) in [6.07, 6.45) is 0. The van der Waals surface area contributed by atoms with Gasteiger partial charge in [0.25, 0.3) is 5.91 Å². The number of piperazine rings is 1. The minimum atomic E-state index is -0.435. The molecule has 2 heterocycles. The van der Waals surface area contributed by atoms with Crippen LogP contribution >= 0.6 is 11.3 Å². The van der Waals surface area contributed by atoms with Crippen LogP contribution < -0.4 is 10.6 Å². The van der Waals surface area contributed by atoms with Gasteiger partial charge in [0.15, 0.2) is 0 Å². The lowest BCUT2D eigenvalue weighted by Gasteiger charge is -2.36. The van der Waals surface area contributed by atoms with Crippen LogP contribution in [0.15, 0.2) is 54.6 Å². The summed E-state index contributed by atoms with van der Waals surface area (Å²) in [6, 6.07) is 17.1. The molecular weight excluding hydrogens is 384 g/mol. The summed E-state index contributed by atoms with van der Waals surface area (Å²) < 4.78 is 0. The minimum Gasteiger partial charge on any atom is -0.368 e. The van der Waals surface area contributed by atoms with Crippen molar-refractivity contribution in [2.24, 2.45) is 5.73 Å². The second-order valence-corrected chi connectivity index (χ2v) is 8.17. The summed E-state index contributed by atoms with van der Waals surface area (Å²) in [5.74, 6) is -0.408. The second kappa shape index (κ2) is 8.05. The Bertz CT molecular complexity index is 1040. The van der Waals surface area contributed by atoms with Crippen molar-refractivity contribution in [3.05, 3.63) is 70.0 Å². The van der Waals surface area contributed by atoms with E-state index in [2.05, 4.69) is 9.88 Å². The summed E-state index contributed by atoms with van der Waals surface area (Å²) >= 11 is 1.45. The zero-order valence-electron chi connectivity index (χ0n) is 16.2. The summed E-state index contributed by atoms with van der Waals surface area (Å²) in [4.78, 5) is 34.0. The topological polar surface area (TPSA) is 79.5 Å². The molecule has 0 radical (unpaired) electrons. The number of aryl methyl sites for hydroxylation is 1. The molecule has 148 valence electrons. The van der Waals surface area contributed by atoms with Crippen LogP contribution in [0.3, 0.4) is 0 Å². The monoisotopic (exact) mass is 406 g/mol. The summed E-state index contributed by atoms with van der Waals surface area (Å²) in [7, 11) is 0.